The van der Waals surface area contributed by atoms with Crippen LogP contribution in [0, 0.1) is 0 Å². The van der Waals surface area contributed by atoms with Crippen LogP contribution in [0.2, 0.25) is 0 Å². The standard InChI is InChI=1S/C17H19NO2/c1-3-4-13-5-9-15(10-6-13)20-16-11-7-14(8-12-16)17(19)18-2/h5-12H,3-4H2,1-2H3,(H,18,19). The summed E-state index contributed by atoms with van der Waals surface area (Å²) >= 11 is 0. The molecule has 0 aromatic heterocycles. The first-order valence-corrected chi connectivity index (χ1v) is 6.82. The zero-order valence-corrected chi connectivity index (χ0v) is 11.8. The van der Waals surface area contributed by atoms with Gasteiger partial charge in [0.15, 0.2) is 0 Å². The maximum atomic E-state index is 11.4. The Hall–Kier alpha value is -2.29. The number of benzene rings is 2. The SMILES string of the molecule is CCCc1ccc(Oc2ccc(C(=O)NC)cc2)cc1. The number of carbonyl (C=O) groups is 1. The molecule has 0 aliphatic rings. The summed E-state index contributed by atoms with van der Waals surface area (Å²) in [5.41, 5.74) is 1.94. The molecule has 2 aromatic carbocycles. The molecule has 0 heterocycles. The molecule has 0 aliphatic heterocycles. The molecule has 0 atom stereocenters. The number of hydrogen-bond acceptors (Lipinski definition) is 2. The number of ether oxygens (including phenoxy) is 1. The number of rotatable bonds is 5. The minimum Gasteiger partial charge on any atom is -0.457 e. The first-order valence-electron chi connectivity index (χ1n) is 6.82. The van der Waals surface area contributed by atoms with E-state index in [2.05, 4.69) is 24.4 Å². The fraction of sp³-hybridized carbons (Fsp3) is 0.235. The highest BCUT2D eigenvalue weighted by molar-refractivity contribution is 5.94. The van der Waals surface area contributed by atoms with Crippen molar-refractivity contribution < 1.29 is 9.53 Å². The van der Waals surface area contributed by atoms with Gasteiger partial charge in [-0.05, 0) is 48.4 Å². The van der Waals surface area contributed by atoms with Crippen LogP contribution in [0.25, 0.3) is 0 Å². The quantitative estimate of drug-likeness (QED) is 0.896. The van der Waals surface area contributed by atoms with E-state index in [1.165, 1.54) is 5.56 Å². The van der Waals surface area contributed by atoms with E-state index in [0.29, 0.717) is 5.56 Å². The molecule has 0 unspecified atom stereocenters. The van der Waals surface area contributed by atoms with Crippen LogP contribution < -0.4 is 10.1 Å². The minimum atomic E-state index is -0.0968. The van der Waals surface area contributed by atoms with E-state index in [1.54, 1.807) is 31.3 Å². The molecular formula is C17H19NO2. The molecule has 0 saturated carbocycles. The van der Waals surface area contributed by atoms with Gasteiger partial charge in [0.2, 0.25) is 0 Å². The van der Waals surface area contributed by atoms with Crippen LogP contribution in [0.5, 0.6) is 11.5 Å². The van der Waals surface area contributed by atoms with Gasteiger partial charge in [0, 0.05) is 12.6 Å². The van der Waals surface area contributed by atoms with E-state index in [9.17, 15) is 4.79 Å². The normalized spacial score (nSPS) is 10.1. The highest BCUT2D eigenvalue weighted by Crippen LogP contribution is 2.22. The topological polar surface area (TPSA) is 38.3 Å². The van der Waals surface area contributed by atoms with Gasteiger partial charge in [-0.1, -0.05) is 25.5 Å². The minimum absolute atomic E-state index is 0.0968. The van der Waals surface area contributed by atoms with Crippen molar-refractivity contribution in [3.05, 3.63) is 59.7 Å². The van der Waals surface area contributed by atoms with Crippen molar-refractivity contribution in [1.82, 2.24) is 5.32 Å². The van der Waals surface area contributed by atoms with Gasteiger partial charge in [0.25, 0.3) is 5.91 Å². The van der Waals surface area contributed by atoms with Crippen LogP contribution in [0.1, 0.15) is 29.3 Å². The highest BCUT2D eigenvalue weighted by Gasteiger charge is 2.03. The Kier molecular flexibility index (Phi) is 4.77. The van der Waals surface area contributed by atoms with Crippen molar-refractivity contribution in [2.45, 2.75) is 19.8 Å². The summed E-state index contributed by atoms with van der Waals surface area (Å²) in [4.78, 5) is 11.4. The molecule has 104 valence electrons. The first kappa shape index (κ1) is 14.1. The predicted octanol–water partition coefficient (Wildman–Crippen LogP) is 3.79. The third-order valence-corrected chi connectivity index (χ3v) is 3.04. The van der Waals surface area contributed by atoms with Gasteiger partial charge in [-0.2, -0.15) is 0 Å². The smallest absolute Gasteiger partial charge is 0.251 e. The highest BCUT2D eigenvalue weighted by atomic mass is 16.5. The number of hydrogen-bond donors (Lipinski definition) is 1. The van der Waals surface area contributed by atoms with Gasteiger partial charge < -0.3 is 10.1 Å². The molecule has 2 rings (SSSR count). The zero-order chi connectivity index (χ0) is 14.4. The van der Waals surface area contributed by atoms with Gasteiger partial charge >= 0.3 is 0 Å². The molecule has 0 radical (unpaired) electrons. The molecule has 1 amide bonds. The molecule has 0 bridgehead atoms. The van der Waals surface area contributed by atoms with Gasteiger partial charge in [-0.25, -0.2) is 0 Å². The number of carbonyl (C=O) groups excluding carboxylic acids is 1. The molecule has 3 heteroatoms. The summed E-state index contributed by atoms with van der Waals surface area (Å²) in [6.45, 7) is 2.17. The molecule has 0 spiro atoms. The third-order valence-electron chi connectivity index (χ3n) is 3.04. The second kappa shape index (κ2) is 6.75. The van der Waals surface area contributed by atoms with E-state index in [4.69, 9.17) is 4.74 Å². The number of amides is 1. The summed E-state index contributed by atoms with van der Waals surface area (Å²) in [7, 11) is 1.62. The van der Waals surface area contributed by atoms with Crippen molar-refractivity contribution in [2.75, 3.05) is 7.05 Å². The molecule has 0 saturated heterocycles. The molecule has 1 N–H and O–H groups in total. The summed E-state index contributed by atoms with van der Waals surface area (Å²) in [6.07, 6.45) is 2.22. The molecule has 3 nitrogen and oxygen atoms in total. The maximum absolute atomic E-state index is 11.4. The maximum Gasteiger partial charge on any atom is 0.251 e. The van der Waals surface area contributed by atoms with E-state index in [-0.39, 0.29) is 5.91 Å². The lowest BCUT2D eigenvalue weighted by Crippen LogP contribution is -2.17. The summed E-state index contributed by atoms with van der Waals surface area (Å²) in [6, 6.07) is 15.2. The van der Waals surface area contributed by atoms with Crippen LogP contribution in [-0.2, 0) is 6.42 Å². The van der Waals surface area contributed by atoms with E-state index < -0.39 is 0 Å². The van der Waals surface area contributed by atoms with E-state index in [0.717, 1.165) is 24.3 Å². The van der Waals surface area contributed by atoms with E-state index >= 15 is 0 Å². The summed E-state index contributed by atoms with van der Waals surface area (Å²) in [5, 5.41) is 2.59. The first-order chi connectivity index (χ1) is 9.72. The lowest BCUT2D eigenvalue weighted by Gasteiger charge is -2.07. The monoisotopic (exact) mass is 269 g/mol. The van der Waals surface area contributed by atoms with Crippen LogP contribution in [0.15, 0.2) is 48.5 Å². The lowest BCUT2D eigenvalue weighted by molar-refractivity contribution is 0.0963. The Bertz CT molecular complexity index is 559. The summed E-state index contributed by atoms with van der Waals surface area (Å²) in [5.74, 6) is 1.43. The second-order valence-corrected chi connectivity index (χ2v) is 4.60. The van der Waals surface area contributed by atoms with Crippen LogP contribution >= 0.6 is 0 Å². The molecule has 2 aromatic rings. The Morgan fingerprint density at radius 3 is 2.05 bits per heavy atom. The Morgan fingerprint density at radius 2 is 1.55 bits per heavy atom. The predicted molar refractivity (Wildman–Crippen MR) is 80.3 cm³/mol. The molecule has 20 heavy (non-hydrogen) atoms. The van der Waals surface area contributed by atoms with Crippen LogP contribution in [-0.4, -0.2) is 13.0 Å². The number of nitrogens with one attached hydrogen (secondary N) is 1. The second-order valence-electron chi connectivity index (χ2n) is 4.60. The lowest BCUT2D eigenvalue weighted by atomic mass is 10.1. The molecular weight excluding hydrogens is 250 g/mol. The average Bonchev–Trinajstić information content (AvgIpc) is 2.49. The van der Waals surface area contributed by atoms with E-state index in [1.807, 2.05) is 12.1 Å². The Labute approximate surface area is 119 Å². The van der Waals surface area contributed by atoms with Crippen molar-refractivity contribution in [3.8, 4) is 11.5 Å². The fourth-order valence-electron chi connectivity index (χ4n) is 1.97. The van der Waals surface area contributed by atoms with Gasteiger partial charge in [-0.15, -0.1) is 0 Å². The van der Waals surface area contributed by atoms with Crippen molar-refractivity contribution in [2.24, 2.45) is 0 Å². The largest absolute Gasteiger partial charge is 0.457 e. The molecule has 0 fully saturated rings. The summed E-state index contributed by atoms with van der Waals surface area (Å²) < 4.78 is 5.75. The van der Waals surface area contributed by atoms with Crippen molar-refractivity contribution in [3.63, 3.8) is 0 Å². The van der Waals surface area contributed by atoms with Gasteiger partial charge in [-0.3, -0.25) is 4.79 Å². The fourth-order valence-corrected chi connectivity index (χ4v) is 1.97. The Balaban J connectivity index is 2.04. The average molecular weight is 269 g/mol. The molecule has 0 aliphatic carbocycles. The van der Waals surface area contributed by atoms with Crippen molar-refractivity contribution >= 4 is 5.91 Å². The third kappa shape index (κ3) is 3.60. The zero-order valence-electron chi connectivity index (χ0n) is 11.8. The van der Waals surface area contributed by atoms with Crippen molar-refractivity contribution in [1.29, 1.82) is 0 Å². The Morgan fingerprint density at radius 1 is 1.00 bits per heavy atom. The van der Waals surface area contributed by atoms with Gasteiger partial charge in [0.05, 0.1) is 0 Å². The van der Waals surface area contributed by atoms with Crippen LogP contribution in [0.3, 0.4) is 0 Å². The van der Waals surface area contributed by atoms with Crippen LogP contribution in [0.4, 0.5) is 0 Å². The van der Waals surface area contributed by atoms with Gasteiger partial charge in [0.1, 0.15) is 11.5 Å². The number of aryl methyl sites for hydroxylation is 1.